The first kappa shape index (κ1) is 36.9. The summed E-state index contributed by atoms with van der Waals surface area (Å²) in [5.74, 6) is 0.663. The molecule has 7 rings (SSSR count). The Hall–Kier alpha value is -6.45. The summed E-state index contributed by atoms with van der Waals surface area (Å²) in [7, 11) is 0. The van der Waals surface area contributed by atoms with E-state index >= 15 is 0 Å². The van der Waals surface area contributed by atoms with Gasteiger partial charge in [-0.05, 0) is 58.9 Å². The van der Waals surface area contributed by atoms with E-state index in [1.807, 2.05) is 89.5 Å². The van der Waals surface area contributed by atoms with E-state index in [1.165, 1.54) is 6.08 Å². The van der Waals surface area contributed by atoms with Gasteiger partial charge in [-0.25, -0.2) is 9.78 Å². The average molecular weight is 729 g/mol. The highest BCUT2D eigenvalue weighted by Gasteiger charge is 2.41. The van der Waals surface area contributed by atoms with E-state index < -0.39 is 17.1 Å². The lowest BCUT2D eigenvalue weighted by Crippen LogP contribution is -2.39. The number of carbonyl (C=O) groups is 1. The molecule has 5 aromatic carbocycles. The van der Waals surface area contributed by atoms with Gasteiger partial charge in [0.2, 0.25) is 5.82 Å². The molecule has 0 bridgehead atoms. The third-order valence-corrected chi connectivity index (χ3v) is 9.69. The van der Waals surface area contributed by atoms with Crippen LogP contribution in [0.4, 0.5) is 0 Å². The quantitative estimate of drug-likeness (QED) is 0.0679. The Labute approximate surface area is 321 Å². The summed E-state index contributed by atoms with van der Waals surface area (Å²) < 4.78 is 7.33. The number of carbonyl (C=O) groups excluding carboxylic acids is 1. The largest absolute Gasteiger partial charge is 0.457 e. The number of aliphatic hydroxyl groups is 1. The third kappa shape index (κ3) is 7.26. The summed E-state index contributed by atoms with van der Waals surface area (Å²) in [5.41, 5.74) is 5.05. The van der Waals surface area contributed by atoms with Crippen LogP contribution in [0, 0.1) is 0 Å². The maximum atomic E-state index is 13.4. The van der Waals surface area contributed by atoms with Crippen LogP contribution in [-0.2, 0) is 28.8 Å². The normalized spacial score (nSPS) is 11.7. The number of tetrazole rings is 1. The molecule has 0 aliphatic heterocycles. The maximum absolute atomic E-state index is 13.4. The van der Waals surface area contributed by atoms with Crippen molar-refractivity contribution < 1.29 is 14.6 Å². The van der Waals surface area contributed by atoms with Gasteiger partial charge in [0.15, 0.2) is 11.2 Å². The molecule has 0 saturated heterocycles. The molecule has 0 spiro atoms. The molecule has 0 aliphatic rings. The Morgan fingerprint density at radius 1 is 0.782 bits per heavy atom. The van der Waals surface area contributed by atoms with Crippen molar-refractivity contribution in [3.8, 4) is 22.5 Å². The van der Waals surface area contributed by atoms with Crippen molar-refractivity contribution in [2.45, 2.75) is 51.3 Å². The van der Waals surface area contributed by atoms with Gasteiger partial charge in [0.1, 0.15) is 23.7 Å². The van der Waals surface area contributed by atoms with Crippen molar-refractivity contribution in [3.63, 3.8) is 0 Å². The van der Waals surface area contributed by atoms with Gasteiger partial charge in [0, 0.05) is 18.5 Å². The minimum absolute atomic E-state index is 0.0564. The molecule has 9 heteroatoms. The first-order chi connectivity index (χ1) is 26.7. The number of hydrogen-bond donors (Lipinski definition) is 1. The molecule has 276 valence electrons. The van der Waals surface area contributed by atoms with Crippen LogP contribution >= 0.6 is 0 Å². The predicted molar refractivity (Wildman–Crippen MR) is 214 cm³/mol. The van der Waals surface area contributed by atoms with E-state index in [2.05, 4.69) is 68.1 Å². The van der Waals surface area contributed by atoms with E-state index in [4.69, 9.17) is 25.1 Å². The molecule has 0 unspecified atom stereocenters. The third-order valence-electron chi connectivity index (χ3n) is 9.69. The number of hydrogen-bond acceptors (Lipinski definition) is 7. The number of nitrogens with zero attached hydrogens (tertiary/aromatic N) is 6. The summed E-state index contributed by atoms with van der Waals surface area (Å²) in [4.78, 5) is 19.8. The van der Waals surface area contributed by atoms with Gasteiger partial charge in [-0.3, -0.25) is 0 Å². The van der Waals surface area contributed by atoms with Crippen LogP contribution in [0.5, 0.6) is 0 Å². The van der Waals surface area contributed by atoms with Crippen LogP contribution < -0.4 is 0 Å². The number of ether oxygens (including phenoxy) is 1. The van der Waals surface area contributed by atoms with Gasteiger partial charge in [-0.2, -0.15) is 0 Å². The minimum Gasteiger partial charge on any atom is -0.457 e. The molecule has 2 heterocycles. The number of benzene rings is 5. The number of aryl methyl sites for hydroxylation is 1. The van der Waals surface area contributed by atoms with E-state index in [9.17, 15) is 9.90 Å². The van der Waals surface area contributed by atoms with Crippen LogP contribution in [0.15, 0.2) is 152 Å². The second-order valence-corrected chi connectivity index (χ2v) is 14.0. The first-order valence-electron chi connectivity index (χ1n) is 18.5. The van der Waals surface area contributed by atoms with E-state index in [0.29, 0.717) is 30.3 Å². The second kappa shape index (κ2) is 15.9. The van der Waals surface area contributed by atoms with E-state index in [-0.39, 0.29) is 12.3 Å². The predicted octanol–water partition coefficient (Wildman–Crippen LogP) is 8.61. The SMILES string of the molecule is C=CCOC(=O)c1c(C(C)(C)O)nc(CCC)n1Cc1ccc(-c2ccccc2-c2nnn(C(c3ccccc3)(c3ccccc3)c3ccccc3)n2)cc1. The molecule has 0 fully saturated rings. The lowest BCUT2D eigenvalue weighted by Gasteiger charge is -2.34. The Morgan fingerprint density at radius 3 is 1.85 bits per heavy atom. The summed E-state index contributed by atoms with van der Waals surface area (Å²) in [5, 5.41) is 25.6. The van der Waals surface area contributed by atoms with Crippen molar-refractivity contribution in [2.75, 3.05) is 6.61 Å². The zero-order valence-electron chi connectivity index (χ0n) is 31.3. The number of esters is 1. The fraction of sp³-hybridized carbons (Fsp3) is 0.196. The van der Waals surface area contributed by atoms with Crippen LogP contribution in [-0.4, -0.2) is 47.4 Å². The Balaban J connectivity index is 1.27. The molecular weight excluding hydrogens is 685 g/mol. The lowest BCUT2D eigenvalue weighted by molar-refractivity contribution is 0.0489. The van der Waals surface area contributed by atoms with Gasteiger partial charge in [-0.1, -0.05) is 159 Å². The summed E-state index contributed by atoms with van der Waals surface area (Å²) in [6.45, 7) is 9.41. The fourth-order valence-corrected chi connectivity index (χ4v) is 7.17. The van der Waals surface area contributed by atoms with Crippen LogP contribution in [0.1, 0.15) is 71.5 Å². The second-order valence-electron chi connectivity index (χ2n) is 14.0. The molecule has 0 amide bonds. The molecular formula is C46H44N6O3. The van der Waals surface area contributed by atoms with E-state index in [1.54, 1.807) is 18.6 Å². The van der Waals surface area contributed by atoms with E-state index in [0.717, 1.165) is 45.4 Å². The molecule has 55 heavy (non-hydrogen) atoms. The molecule has 0 radical (unpaired) electrons. The highest BCUT2D eigenvalue weighted by atomic mass is 16.5. The summed E-state index contributed by atoms with van der Waals surface area (Å²) >= 11 is 0. The summed E-state index contributed by atoms with van der Waals surface area (Å²) in [6, 6.07) is 47.1. The average Bonchev–Trinajstić information content (AvgIpc) is 3.85. The zero-order chi connectivity index (χ0) is 38.4. The molecule has 0 saturated carbocycles. The van der Waals surface area contributed by atoms with Crippen LogP contribution in [0.3, 0.4) is 0 Å². The molecule has 2 aromatic heterocycles. The van der Waals surface area contributed by atoms with Crippen molar-refractivity contribution in [1.82, 2.24) is 29.8 Å². The minimum atomic E-state index is -1.34. The van der Waals surface area contributed by atoms with Gasteiger partial charge in [-0.15, -0.1) is 15.0 Å². The molecule has 0 aliphatic carbocycles. The van der Waals surface area contributed by atoms with Crippen molar-refractivity contribution >= 4 is 5.97 Å². The highest BCUT2D eigenvalue weighted by molar-refractivity contribution is 5.89. The number of rotatable bonds is 14. The lowest BCUT2D eigenvalue weighted by atomic mass is 9.77. The van der Waals surface area contributed by atoms with Gasteiger partial charge < -0.3 is 14.4 Å². The van der Waals surface area contributed by atoms with Crippen LogP contribution in [0.2, 0.25) is 0 Å². The monoisotopic (exact) mass is 728 g/mol. The van der Waals surface area contributed by atoms with Crippen molar-refractivity contribution in [1.29, 1.82) is 0 Å². The fourth-order valence-electron chi connectivity index (χ4n) is 7.17. The number of aromatic nitrogens is 6. The molecule has 0 atom stereocenters. The van der Waals surface area contributed by atoms with Crippen molar-refractivity contribution in [3.05, 3.63) is 192 Å². The Morgan fingerprint density at radius 2 is 1.33 bits per heavy atom. The Kier molecular flexibility index (Phi) is 10.7. The Bertz CT molecular complexity index is 2280. The number of imidazole rings is 1. The van der Waals surface area contributed by atoms with Gasteiger partial charge in [0.25, 0.3) is 0 Å². The van der Waals surface area contributed by atoms with Crippen LogP contribution in [0.25, 0.3) is 22.5 Å². The smallest absolute Gasteiger partial charge is 0.357 e. The summed E-state index contributed by atoms with van der Waals surface area (Å²) in [6.07, 6.45) is 2.98. The first-order valence-corrected chi connectivity index (χ1v) is 18.5. The van der Waals surface area contributed by atoms with Gasteiger partial charge >= 0.3 is 5.97 Å². The molecule has 9 nitrogen and oxygen atoms in total. The molecule has 7 aromatic rings. The van der Waals surface area contributed by atoms with Crippen molar-refractivity contribution in [2.24, 2.45) is 0 Å². The zero-order valence-corrected chi connectivity index (χ0v) is 31.3. The maximum Gasteiger partial charge on any atom is 0.357 e. The molecule has 1 N–H and O–H groups in total. The topological polar surface area (TPSA) is 108 Å². The standard InChI is InChI=1S/C46H44N6O3/c1-5-18-40-47-42(45(3,4)54)41(44(53)55-31-6-2)51(40)32-33-27-29-34(30-28-33)38-25-16-17-26-39(38)43-48-50-52(49-43)46(35-19-10-7-11-20-35,36-21-12-8-13-22-36)37-23-14-9-15-24-37/h6-17,19-30,54H,2,5,18,31-32H2,1,3-4H3. The highest BCUT2D eigenvalue weighted by Crippen LogP contribution is 2.40. The van der Waals surface area contributed by atoms with Gasteiger partial charge in [0.05, 0.1) is 0 Å².